The zero-order valence-corrected chi connectivity index (χ0v) is 23.4. The van der Waals surface area contributed by atoms with Crippen molar-refractivity contribution in [2.24, 2.45) is 5.92 Å². The Labute approximate surface area is 230 Å². The molecule has 4 rings (SSSR count). The molecule has 1 aliphatic rings. The van der Waals surface area contributed by atoms with Crippen molar-refractivity contribution in [2.75, 3.05) is 11.9 Å². The summed E-state index contributed by atoms with van der Waals surface area (Å²) in [7, 11) is 0. The summed E-state index contributed by atoms with van der Waals surface area (Å²) in [6, 6.07) is 21.6. The van der Waals surface area contributed by atoms with Crippen molar-refractivity contribution in [3.8, 4) is 6.07 Å². The van der Waals surface area contributed by atoms with Gasteiger partial charge in [-0.05, 0) is 80.3 Å². The molecular formula is C31H36ClN3OS. The minimum absolute atomic E-state index is 0.0158. The van der Waals surface area contributed by atoms with Gasteiger partial charge in [-0.25, -0.2) is 0 Å². The van der Waals surface area contributed by atoms with Crippen LogP contribution in [0.1, 0.15) is 66.7 Å². The largest absolute Gasteiger partial charge is 0.316 e. The molecule has 37 heavy (non-hydrogen) atoms. The summed E-state index contributed by atoms with van der Waals surface area (Å²) in [5.41, 5.74) is 4.44. The van der Waals surface area contributed by atoms with Crippen LogP contribution in [0, 0.1) is 17.2 Å². The van der Waals surface area contributed by atoms with Crippen LogP contribution in [-0.2, 0) is 30.6 Å². The van der Waals surface area contributed by atoms with Crippen molar-refractivity contribution in [2.45, 2.75) is 71.4 Å². The first-order chi connectivity index (χ1) is 18.0. The van der Waals surface area contributed by atoms with Crippen LogP contribution in [0.25, 0.3) is 0 Å². The van der Waals surface area contributed by atoms with Gasteiger partial charge < -0.3 is 5.32 Å². The maximum atomic E-state index is 12.8. The Morgan fingerprint density at radius 1 is 1.14 bits per heavy atom. The topological polar surface area (TPSA) is 56.1 Å². The number of fused-ring (bicyclic) bond motifs is 1. The lowest BCUT2D eigenvalue weighted by molar-refractivity contribution is -0.120. The van der Waals surface area contributed by atoms with Crippen LogP contribution >= 0.6 is 22.9 Å². The Kier molecular flexibility index (Phi) is 9.80. The van der Waals surface area contributed by atoms with E-state index in [0.29, 0.717) is 11.6 Å². The molecule has 6 heteroatoms. The second-order valence-electron chi connectivity index (χ2n) is 9.91. The molecule has 3 aromatic rings. The molecular weight excluding hydrogens is 498 g/mol. The molecule has 0 saturated heterocycles. The Balaban J connectivity index is 1.50. The highest BCUT2D eigenvalue weighted by Crippen LogP contribution is 2.39. The Morgan fingerprint density at radius 2 is 1.86 bits per heavy atom. The van der Waals surface area contributed by atoms with Crippen molar-refractivity contribution < 1.29 is 4.79 Å². The van der Waals surface area contributed by atoms with Crippen LogP contribution in [0.15, 0.2) is 54.6 Å². The van der Waals surface area contributed by atoms with Crippen LogP contribution in [0.5, 0.6) is 0 Å². The lowest BCUT2D eigenvalue weighted by Crippen LogP contribution is -2.39. The summed E-state index contributed by atoms with van der Waals surface area (Å²) in [5.74, 6) is 0.0137. The SMILES string of the molecule is CCC(CC)C(=O)Nc1sc2c(c1C#N)CCC(N(CCCc1ccccc1)Cc1ccc(Cl)cc1)C2. The number of carbonyl (C=O) groups is 1. The van der Waals surface area contributed by atoms with Gasteiger partial charge in [-0.1, -0.05) is 67.9 Å². The number of carbonyl (C=O) groups excluding carboxylic acids is 1. The summed E-state index contributed by atoms with van der Waals surface area (Å²) in [5, 5.41) is 14.5. The van der Waals surface area contributed by atoms with E-state index in [1.807, 2.05) is 26.0 Å². The Bertz CT molecular complexity index is 1210. The second kappa shape index (κ2) is 13.2. The number of benzene rings is 2. The normalized spacial score (nSPS) is 15.0. The smallest absolute Gasteiger partial charge is 0.228 e. The third-order valence-electron chi connectivity index (χ3n) is 7.51. The van der Waals surface area contributed by atoms with E-state index in [1.54, 1.807) is 11.3 Å². The Morgan fingerprint density at radius 3 is 2.54 bits per heavy atom. The fourth-order valence-electron chi connectivity index (χ4n) is 5.31. The first-order valence-corrected chi connectivity index (χ1v) is 14.6. The first-order valence-electron chi connectivity index (χ1n) is 13.4. The van der Waals surface area contributed by atoms with E-state index < -0.39 is 0 Å². The lowest BCUT2D eigenvalue weighted by atomic mass is 9.90. The summed E-state index contributed by atoms with van der Waals surface area (Å²) in [6.45, 7) is 5.96. The zero-order valence-electron chi connectivity index (χ0n) is 21.8. The van der Waals surface area contributed by atoms with E-state index in [4.69, 9.17) is 11.6 Å². The maximum absolute atomic E-state index is 12.8. The van der Waals surface area contributed by atoms with E-state index in [2.05, 4.69) is 58.8 Å². The average molecular weight is 534 g/mol. The zero-order chi connectivity index (χ0) is 26.2. The monoisotopic (exact) mass is 533 g/mol. The molecule has 1 atom stereocenters. The Hall–Kier alpha value is -2.65. The van der Waals surface area contributed by atoms with Gasteiger partial charge in [0.1, 0.15) is 11.1 Å². The number of hydrogen-bond donors (Lipinski definition) is 1. The molecule has 1 unspecified atom stereocenters. The number of anilines is 1. The van der Waals surface area contributed by atoms with Crippen LogP contribution < -0.4 is 5.32 Å². The highest BCUT2D eigenvalue weighted by molar-refractivity contribution is 7.16. The average Bonchev–Trinajstić information content (AvgIpc) is 3.26. The van der Waals surface area contributed by atoms with Gasteiger partial charge in [-0.3, -0.25) is 9.69 Å². The molecule has 194 valence electrons. The van der Waals surface area contributed by atoms with E-state index in [0.717, 1.165) is 73.6 Å². The van der Waals surface area contributed by atoms with Gasteiger partial charge in [0.25, 0.3) is 0 Å². The molecule has 2 aromatic carbocycles. The number of halogens is 1. The molecule has 1 heterocycles. The van der Waals surface area contributed by atoms with E-state index in [1.165, 1.54) is 16.0 Å². The first kappa shape index (κ1) is 27.4. The van der Waals surface area contributed by atoms with Crippen LogP contribution in [0.3, 0.4) is 0 Å². The quantitative estimate of drug-likeness (QED) is 0.275. The van der Waals surface area contributed by atoms with E-state index in [-0.39, 0.29) is 11.8 Å². The minimum Gasteiger partial charge on any atom is -0.316 e. The van der Waals surface area contributed by atoms with Gasteiger partial charge in [0, 0.05) is 28.4 Å². The predicted octanol–water partition coefficient (Wildman–Crippen LogP) is 7.64. The number of nitriles is 1. The second-order valence-corrected chi connectivity index (χ2v) is 11.4. The lowest BCUT2D eigenvalue weighted by Gasteiger charge is -2.34. The molecule has 0 radical (unpaired) electrons. The molecule has 0 spiro atoms. The summed E-state index contributed by atoms with van der Waals surface area (Å²) < 4.78 is 0. The van der Waals surface area contributed by atoms with Gasteiger partial charge in [0.05, 0.1) is 5.56 Å². The number of rotatable bonds is 11. The molecule has 0 fully saturated rings. The van der Waals surface area contributed by atoms with Crippen LogP contribution in [0.2, 0.25) is 5.02 Å². The number of amides is 1. The summed E-state index contributed by atoms with van der Waals surface area (Å²) >= 11 is 7.75. The molecule has 0 saturated carbocycles. The highest BCUT2D eigenvalue weighted by atomic mass is 35.5. The van der Waals surface area contributed by atoms with Crippen molar-refractivity contribution in [3.05, 3.63) is 86.8 Å². The third kappa shape index (κ3) is 7.02. The highest BCUT2D eigenvalue weighted by Gasteiger charge is 2.30. The molecule has 0 bridgehead atoms. The summed E-state index contributed by atoms with van der Waals surface area (Å²) in [4.78, 5) is 16.6. The van der Waals surface area contributed by atoms with Crippen LogP contribution in [0.4, 0.5) is 5.00 Å². The molecule has 1 aliphatic carbocycles. The van der Waals surface area contributed by atoms with Gasteiger partial charge in [0.15, 0.2) is 0 Å². The van der Waals surface area contributed by atoms with Gasteiger partial charge >= 0.3 is 0 Å². The number of nitrogens with zero attached hydrogens (tertiary/aromatic N) is 2. The van der Waals surface area contributed by atoms with Gasteiger partial charge in [-0.2, -0.15) is 5.26 Å². The van der Waals surface area contributed by atoms with Crippen LogP contribution in [-0.4, -0.2) is 23.4 Å². The number of aryl methyl sites for hydroxylation is 1. The fraction of sp³-hybridized carbons (Fsp3) is 0.419. The van der Waals surface area contributed by atoms with Crippen molar-refractivity contribution >= 4 is 33.8 Å². The van der Waals surface area contributed by atoms with Gasteiger partial charge in [-0.15, -0.1) is 11.3 Å². The number of nitrogens with one attached hydrogen (secondary N) is 1. The number of hydrogen-bond acceptors (Lipinski definition) is 4. The fourth-order valence-corrected chi connectivity index (χ4v) is 6.70. The van der Waals surface area contributed by atoms with E-state index >= 15 is 0 Å². The predicted molar refractivity (Wildman–Crippen MR) is 154 cm³/mol. The number of thiophene rings is 1. The molecule has 1 N–H and O–H groups in total. The molecule has 1 amide bonds. The molecule has 0 aliphatic heterocycles. The van der Waals surface area contributed by atoms with Crippen molar-refractivity contribution in [1.29, 1.82) is 5.26 Å². The van der Waals surface area contributed by atoms with Crippen molar-refractivity contribution in [1.82, 2.24) is 4.90 Å². The van der Waals surface area contributed by atoms with Crippen molar-refractivity contribution in [3.63, 3.8) is 0 Å². The maximum Gasteiger partial charge on any atom is 0.228 e. The minimum atomic E-state index is -0.0158. The molecule has 1 aromatic heterocycles. The third-order valence-corrected chi connectivity index (χ3v) is 8.93. The van der Waals surface area contributed by atoms with E-state index in [9.17, 15) is 10.1 Å². The molecule has 4 nitrogen and oxygen atoms in total. The van der Waals surface area contributed by atoms with Gasteiger partial charge in [0.2, 0.25) is 5.91 Å². The summed E-state index contributed by atoms with van der Waals surface area (Å²) in [6.07, 6.45) is 6.55. The standard InChI is InChI=1S/C31H36ClN3OS/c1-3-24(4-2)30(36)34-31-28(20-33)27-17-16-26(19-29(27)37-31)35(21-23-12-14-25(32)15-13-23)18-8-11-22-9-6-5-7-10-22/h5-7,9-10,12-15,24,26H,3-4,8,11,16-19,21H2,1-2H3,(H,34,36).